The molecule has 1 aliphatic heterocycles. The lowest BCUT2D eigenvalue weighted by molar-refractivity contribution is -0.385. The van der Waals surface area contributed by atoms with Crippen molar-refractivity contribution in [3.05, 3.63) is 34.1 Å². The van der Waals surface area contributed by atoms with E-state index in [1.165, 1.54) is 0 Å². The third kappa shape index (κ3) is 3.41. The average molecular weight is 283 g/mol. The topological polar surface area (TPSA) is 84.7 Å². The number of benzene rings is 1. The minimum atomic E-state index is -0.854. The summed E-state index contributed by atoms with van der Waals surface area (Å²) in [6.07, 6.45) is 0. The molecule has 1 aromatic carbocycles. The van der Waals surface area contributed by atoms with Gasteiger partial charge in [-0.2, -0.15) is 0 Å². The Morgan fingerprint density at radius 2 is 2.15 bits per heavy atom. The molecule has 1 heterocycles. The van der Waals surface area contributed by atoms with Crippen LogP contribution in [-0.2, 0) is 4.79 Å². The summed E-state index contributed by atoms with van der Waals surface area (Å²) in [6, 6.07) is 3.05. The van der Waals surface area contributed by atoms with Gasteiger partial charge in [0.15, 0.2) is 18.2 Å². The minimum absolute atomic E-state index is 0.168. The lowest BCUT2D eigenvalue weighted by Gasteiger charge is -2.27. The highest BCUT2D eigenvalue weighted by atomic mass is 19.1. The number of nitrogens with zero attached hydrogens (tertiary/aromatic N) is 2. The number of amides is 1. The lowest BCUT2D eigenvalue weighted by Crippen LogP contribution is -2.47. The molecule has 0 unspecified atom stereocenters. The number of non-ortho nitro benzene ring substituents is 1. The highest BCUT2D eigenvalue weighted by Crippen LogP contribution is 2.22. The summed E-state index contributed by atoms with van der Waals surface area (Å²) >= 11 is 0. The first kappa shape index (κ1) is 14.2. The molecule has 0 aromatic heterocycles. The molecular formula is C12H14FN3O4. The molecule has 1 amide bonds. The second-order valence-electron chi connectivity index (χ2n) is 4.29. The van der Waals surface area contributed by atoms with Crippen molar-refractivity contribution in [2.75, 3.05) is 32.8 Å². The molecule has 0 saturated carbocycles. The number of hydrogen-bond donors (Lipinski definition) is 1. The van der Waals surface area contributed by atoms with E-state index >= 15 is 0 Å². The normalized spacial score (nSPS) is 14.9. The van der Waals surface area contributed by atoms with Gasteiger partial charge >= 0.3 is 0 Å². The van der Waals surface area contributed by atoms with Gasteiger partial charge in [0.05, 0.1) is 11.0 Å². The van der Waals surface area contributed by atoms with E-state index in [2.05, 4.69) is 5.32 Å². The number of halogens is 1. The second-order valence-corrected chi connectivity index (χ2v) is 4.29. The van der Waals surface area contributed by atoms with Crippen LogP contribution in [0.5, 0.6) is 5.75 Å². The van der Waals surface area contributed by atoms with E-state index in [1.807, 2.05) is 0 Å². The van der Waals surface area contributed by atoms with Crippen LogP contribution in [-0.4, -0.2) is 48.5 Å². The van der Waals surface area contributed by atoms with Crippen molar-refractivity contribution in [1.29, 1.82) is 0 Å². The van der Waals surface area contributed by atoms with Crippen molar-refractivity contribution in [2.24, 2.45) is 0 Å². The van der Waals surface area contributed by atoms with Crippen molar-refractivity contribution in [1.82, 2.24) is 10.2 Å². The quantitative estimate of drug-likeness (QED) is 0.644. The summed E-state index contributed by atoms with van der Waals surface area (Å²) < 4.78 is 18.6. The molecule has 1 saturated heterocycles. The predicted octanol–water partition coefficient (Wildman–Crippen LogP) is 0.544. The molecule has 1 fully saturated rings. The first-order valence-electron chi connectivity index (χ1n) is 6.13. The van der Waals surface area contributed by atoms with Crippen LogP contribution in [0.25, 0.3) is 0 Å². The molecular weight excluding hydrogens is 269 g/mol. The van der Waals surface area contributed by atoms with Crippen LogP contribution in [0.15, 0.2) is 18.2 Å². The molecule has 0 spiro atoms. The standard InChI is InChI=1S/C12H14FN3O4/c13-10-7-9(16(18)19)1-2-11(10)20-8-12(17)15-5-3-14-4-6-15/h1-2,7,14H,3-6,8H2. The Bertz CT molecular complexity index is 517. The van der Waals surface area contributed by atoms with Gasteiger partial charge in [0.2, 0.25) is 0 Å². The molecule has 8 heteroatoms. The maximum atomic E-state index is 13.5. The largest absolute Gasteiger partial charge is 0.481 e. The average Bonchev–Trinajstić information content (AvgIpc) is 2.46. The zero-order valence-electron chi connectivity index (χ0n) is 10.7. The van der Waals surface area contributed by atoms with E-state index in [0.29, 0.717) is 13.1 Å². The van der Waals surface area contributed by atoms with Crippen LogP contribution in [0.2, 0.25) is 0 Å². The molecule has 1 N–H and O–H groups in total. The van der Waals surface area contributed by atoms with Crippen molar-refractivity contribution >= 4 is 11.6 Å². The summed E-state index contributed by atoms with van der Waals surface area (Å²) in [5.74, 6) is -1.25. The van der Waals surface area contributed by atoms with Gasteiger partial charge in [0, 0.05) is 32.2 Å². The fourth-order valence-electron chi connectivity index (χ4n) is 1.87. The fraction of sp³-hybridized carbons (Fsp3) is 0.417. The maximum absolute atomic E-state index is 13.5. The zero-order chi connectivity index (χ0) is 14.5. The van der Waals surface area contributed by atoms with Gasteiger partial charge in [0.25, 0.3) is 11.6 Å². The summed E-state index contributed by atoms with van der Waals surface area (Å²) in [5, 5.41) is 13.6. The van der Waals surface area contributed by atoms with Gasteiger partial charge in [-0.25, -0.2) is 4.39 Å². The van der Waals surface area contributed by atoms with Gasteiger partial charge in [-0.1, -0.05) is 0 Å². The SMILES string of the molecule is O=C(COc1ccc([N+](=O)[O-])cc1F)N1CCNCC1. The van der Waals surface area contributed by atoms with Crippen LogP contribution in [0, 0.1) is 15.9 Å². The molecule has 20 heavy (non-hydrogen) atoms. The van der Waals surface area contributed by atoms with E-state index in [-0.39, 0.29) is 24.0 Å². The van der Waals surface area contributed by atoms with E-state index in [0.717, 1.165) is 31.3 Å². The third-order valence-electron chi connectivity index (χ3n) is 2.95. The van der Waals surface area contributed by atoms with Gasteiger partial charge in [-0.05, 0) is 6.07 Å². The van der Waals surface area contributed by atoms with E-state index < -0.39 is 10.7 Å². The molecule has 0 atom stereocenters. The number of carbonyl (C=O) groups excluding carboxylic acids is 1. The highest BCUT2D eigenvalue weighted by Gasteiger charge is 2.18. The first-order chi connectivity index (χ1) is 9.58. The Kier molecular flexibility index (Phi) is 4.46. The molecule has 2 rings (SSSR count). The van der Waals surface area contributed by atoms with Crippen LogP contribution in [0.3, 0.4) is 0 Å². The Hall–Kier alpha value is -2.22. The fourth-order valence-corrected chi connectivity index (χ4v) is 1.87. The number of carbonyl (C=O) groups is 1. The van der Waals surface area contributed by atoms with Gasteiger partial charge in [-0.3, -0.25) is 14.9 Å². The second kappa shape index (κ2) is 6.29. The van der Waals surface area contributed by atoms with Gasteiger partial charge in [-0.15, -0.1) is 0 Å². The molecule has 7 nitrogen and oxygen atoms in total. The smallest absolute Gasteiger partial charge is 0.272 e. The number of nitro benzene ring substituents is 1. The highest BCUT2D eigenvalue weighted by molar-refractivity contribution is 5.77. The lowest BCUT2D eigenvalue weighted by atomic mass is 10.3. The number of ether oxygens (including phenoxy) is 1. The number of rotatable bonds is 4. The van der Waals surface area contributed by atoms with E-state index in [9.17, 15) is 19.3 Å². The molecule has 108 valence electrons. The minimum Gasteiger partial charge on any atom is -0.481 e. The summed E-state index contributed by atoms with van der Waals surface area (Å²) in [6.45, 7) is 2.33. The number of hydrogen-bond acceptors (Lipinski definition) is 5. The molecule has 1 aromatic rings. The van der Waals surface area contributed by atoms with Crippen molar-refractivity contribution in [2.45, 2.75) is 0 Å². The number of nitrogens with one attached hydrogen (secondary N) is 1. The third-order valence-corrected chi connectivity index (χ3v) is 2.95. The van der Waals surface area contributed by atoms with Crippen molar-refractivity contribution in [3.8, 4) is 5.75 Å². The van der Waals surface area contributed by atoms with E-state index in [1.54, 1.807) is 4.90 Å². The Balaban J connectivity index is 1.93. The van der Waals surface area contributed by atoms with Crippen LogP contribution < -0.4 is 10.1 Å². The Morgan fingerprint density at radius 3 is 2.75 bits per heavy atom. The number of piperazine rings is 1. The monoisotopic (exact) mass is 283 g/mol. The van der Waals surface area contributed by atoms with Crippen LogP contribution in [0.1, 0.15) is 0 Å². The molecule has 0 aliphatic carbocycles. The summed E-state index contributed by atoms with van der Waals surface area (Å²) in [5.41, 5.74) is -0.358. The summed E-state index contributed by atoms with van der Waals surface area (Å²) in [7, 11) is 0. The Labute approximate surface area is 114 Å². The maximum Gasteiger partial charge on any atom is 0.272 e. The van der Waals surface area contributed by atoms with Gasteiger partial charge in [0.1, 0.15) is 0 Å². The van der Waals surface area contributed by atoms with Crippen molar-refractivity contribution < 1.29 is 18.8 Å². The zero-order valence-corrected chi connectivity index (χ0v) is 10.7. The molecule has 1 aliphatic rings. The molecule has 0 bridgehead atoms. The van der Waals surface area contributed by atoms with E-state index in [4.69, 9.17) is 4.74 Å². The molecule has 0 radical (unpaired) electrons. The predicted molar refractivity (Wildman–Crippen MR) is 68.0 cm³/mol. The van der Waals surface area contributed by atoms with Crippen LogP contribution in [0.4, 0.5) is 10.1 Å². The van der Waals surface area contributed by atoms with Crippen LogP contribution >= 0.6 is 0 Å². The first-order valence-corrected chi connectivity index (χ1v) is 6.13. The van der Waals surface area contributed by atoms with Crippen molar-refractivity contribution in [3.63, 3.8) is 0 Å². The Morgan fingerprint density at radius 1 is 1.45 bits per heavy atom. The number of nitro groups is 1. The summed E-state index contributed by atoms with van der Waals surface area (Å²) in [4.78, 5) is 23.2. The van der Waals surface area contributed by atoms with Gasteiger partial charge < -0.3 is 15.0 Å².